The van der Waals surface area contributed by atoms with Crippen LogP contribution >= 0.6 is 0 Å². The topological polar surface area (TPSA) is 0 Å². The Morgan fingerprint density at radius 3 is 1.57 bits per heavy atom. The predicted octanol–water partition coefficient (Wildman–Crippen LogP) is 11.6. The van der Waals surface area contributed by atoms with Gasteiger partial charge in [-0.2, -0.15) is 0 Å². The van der Waals surface area contributed by atoms with Gasteiger partial charge in [-0.05, 0) is 109 Å². The van der Waals surface area contributed by atoms with Crippen LogP contribution in [-0.2, 0) is 10.8 Å². The molecule has 0 saturated heterocycles. The fraction of sp³-hybridized carbons (Fsp3) is 0.190. The predicted molar refractivity (Wildman–Crippen MR) is 181 cm³/mol. The Balaban J connectivity index is 1.19. The third-order valence-corrected chi connectivity index (χ3v) is 9.82. The van der Waals surface area contributed by atoms with Crippen LogP contribution in [0.15, 0.2) is 122 Å². The highest BCUT2D eigenvalue weighted by Gasteiger charge is 2.36. The highest BCUT2D eigenvalue weighted by molar-refractivity contribution is 5.86. The molecular formula is C42H38. The summed E-state index contributed by atoms with van der Waals surface area (Å²) in [4.78, 5) is 0. The summed E-state index contributed by atoms with van der Waals surface area (Å²) in [5.41, 5.74) is 18.5. The van der Waals surface area contributed by atoms with E-state index in [2.05, 4.69) is 156 Å². The Bertz CT molecular complexity index is 1910. The molecule has 2 aliphatic rings. The molecule has 0 nitrogen and oxygen atoms in total. The largest absolute Gasteiger partial charge is 0.0949 e. The minimum Gasteiger partial charge on any atom is -0.0949 e. The number of allylic oxidation sites excluding steroid dienone is 3. The van der Waals surface area contributed by atoms with E-state index in [9.17, 15) is 0 Å². The van der Waals surface area contributed by atoms with Gasteiger partial charge in [-0.3, -0.25) is 0 Å². The standard InChI is InChI=1S/C42H38/c1-7-8-11-27(2)30-18-21-35-36-23-20-32(26-40(36)42(5,6)38(35)24-30)29-16-14-28(15-17-29)31-19-22-34-33-12-9-10-13-37(33)41(3,4)39(34)25-31/h7-10,12-26H,2,11H2,1,3-6H3. The summed E-state index contributed by atoms with van der Waals surface area (Å²) in [5, 5.41) is 0. The van der Waals surface area contributed by atoms with Gasteiger partial charge in [0.15, 0.2) is 0 Å². The van der Waals surface area contributed by atoms with Gasteiger partial charge in [0.2, 0.25) is 0 Å². The van der Waals surface area contributed by atoms with E-state index in [1.54, 1.807) is 0 Å². The van der Waals surface area contributed by atoms with Crippen molar-refractivity contribution >= 4 is 5.57 Å². The van der Waals surface area contributed by atoms with Gasteiger partial charge in [0.05, 0.1) is 0 Å². The third kappa shape index (κ3) is 3.97. The molecule has 7 rings (SSSR count). The molecule has 206 valence electrons. The number of rotatable bonds is 5. The van der Waals surface area contributed by atoms with Crippen LogP contribution in [0.4, 0.5) is 0 Å². The molecule has 0 heterocycles. The summed E-state index contributed by atoms with van der Waals surface area (Å²) in [6, 6.07) is 38.9. The van der Waals surface area contributed by atoms with Gasteiger partial charge in [0, 0.05) is 10.8 Å². The minimum atomic E-state index is -0.0632. The maximum Gasteiger partial charge on any atom is 0.0159 e. The van der Waals surface area contributed by atoms with Gasteiger partial charge < -0.3 is 0 Å². The first kappa shape index (κ1) is 26.5. The SMILES string of the molecule is C=C(CC=CC)c1ccc2c(c1)C(C)(C)c1cc(-c3ccc(-c4ccc5c(c4)C(C)(C)c4ccccc4-5)cc3)ccc1-2. The summed E-state index contributed by atoms with van der Waals surface area (Å²) in [6.07, 6.45) is 5.16. The van der Waals surface area contributed by atoms with Crippen molar-refractivity contribution in [3.05, 3.63) is 150 Å². The quantitative estimate of drug-likeness (QED) is 0.194. The Labute approximate surface area is 251 Å². The average molecular weight is 543 g/mol. The number of fused-ring (bicyclic) bond motifs is 6. The van der Waals surface area contributed by atoms with Crippen molar-refractivity contribution < 1.29 is 0 Å². The van der Waals surface area contributed by atoms with Gasteiger partial charge in [-0.15, -0.1) is 0 Å². The van der Waals surface area contributed by atoms with Crippen LogP contribution in [-0.4, -0.2) is 0 Å². The van der Waals surface area contributed by atoms with Crippen LogP contribution in [0.25, 0.3) is 50.1 Å². The lowest BCUT2D eigenvalue weighted by Gasteiger charge is -2.23. The van der Waals surface area contributed by atoms with Crippen LogP contribution in [0.3, 0.4) is 0 Å². The molecule has 0 aliphatic heterocycles. The summed E-state index contributed by atoms with van der Waals surface area (Å²) < 4.78 is 0. The van der Waals surface area contributed by atoms with Crippen LogP contribution in [0.5, 0.6) is 0 Å². The second-order valence-electron chi connectivity index (χ2n) is 13.0. The van der Waals surface area contributed by atoms with Crippen LogP contribution in [0, 0.1) is 0 Å². The zero-order valence-electron chi connectivity index (χ0n) is 25.4. The average Bonchev–Trinajstić information content (AvgIpc) is 3.38. The molecule has 0 heteroatoms. The first-order valence-electron chi connectivity index (χ1n) is 15.1. The highest BCUT2D eigenvalue weighted by Crippen LogP contribution is 2.51. The Hall–Kier alpha value is -4.42. The van der Waals surface area contributed by atoms with Crippen molar-refractivity contribution in [2.75, 3.05) is 0 Å². The van der Waals surface area contributed by atoms with Gasteiger partial charge in [-0.1, -0.05) is 131 Å². The molecule has 2 aliphatic carbocycles. The monoisotopic (exact) mass is 542 g/mol. The fourth-order valence-electron chi connectivity index (χ4n) is 7.25. The third-order valence-electron chi connectivity index (χ3n) is 9.82. The van der Waals surface area contributed by atoms with Crippen LogP contribution in [0.1, 0.15) is 68.9 Å². The molecule has 0 radical (unpaired) electrons. The number of hydrogen-bond acceptors (Lipinski definition) is 0. The van der Waals surface area contributed by atoms with E-state index in [-0.39, 0.29) is 10.8 Å². The van der Waals surface area contributed by atoms with E-state index < -0.39 is 0 Å². The van der Waals surface area contributed by atoms with Crippen molar-refractivity contribution in [3.63, 3.8) is 0 Å². The summed E-state index contributed by atoms with van der Waals surface area (Å²) in [7, 11) is 0. The lowest BCUT2D eigenvalue weighted by Crippen LogP contribution is -2.15. The number of benzene rings is 5. The van der Waals surface area contributed by atoms with Crippen molar-refractivity contribution in [3.8, 4) is 44.5 Å². The van der Waals surface area contributed by atoms with Gasteiger partial charge in [0.25, 0.3) is 0 Å². The molecule has 0 bridgehead atoms. The lowest BCUT2D eigenvalue weighted by molar-refractivity contribution is 0.660. The second-order valence-corrected chi connectivity index (χ2v) is 13.0. The Morgan fingerprint density at radius 1 is 0.548 bits per heavy atom. The van der Waals surface area contributed by atoms with E-state index >= 15 is 0 Å². The first-order chi connectivity index (χ1) is 20.2. The second kappa shape index (κ2) is 9.57. The van der Waals surface area contributed by atoms with Crippen molar-refractivity contribution in [1.82, 2.24) is 0 Å². The molecular weight excluding hydrogens is 504 g/mol. The maximum atomic E-state index is 4.35. The smallest absolute Gasteiger partial charge is 0.0159 e. The molecule has 0 saturated carbocycles. The molecule has 0 fully saturated rings. The number of hydrogen-bond donors (Lipinski definition) is 0. The van der Waals surface area contributed by atoms with Gasteiger partial charge in [0.1, 0.15) is 0 Å². The van der Waals surface area contributed by atoms with Crippen LogP contribution in [0.2, 0.25) is 0 Å². The van der Waals surface area contributed by atoms with E-state index in [0.717, 1.165) is 6.42 Å². The first-order valence-corrected chi connectivity index (χ1v) is 15.1. The van der Waals surface area contributed by atoms with E-state index in [1.807, 2.05) is 0 Å². The van der Waals surface area contributed by atoms with Crippen molar-refractivity contribution in [2.45, 2.75) is 51.9 Å². The van der Waals surface area contributed by atoms with Gasteiger partial charge >= 0.3 is 0 Å². The highest BCUT2D eigenvalue weighted by atomic mass is 14.4. The molecule has 0 atom stereocenters. The Morgan fingerprint density at radius 2 is 1.00 bits per heavy atom. The molecule has 5 aromatic carbocycles. The molecule has 0 N–H and O–H groups in total. The molecule has 5 aromatic rings. The molecule has 42 heavy (non-hydrogen) atoms. The minimum absolute atomic E-state index is 0.0111. The molecule has 0 spiro atoms. The van der Waals surface area contributed by atoms with Gasteiger partial charge in [-0.25, -0.2) is 0 Å². The van der Waals surface area contributed by atoms with Crippen molar-refractivity contribution in [1.29, 1.82) is 0 Å². The maximum absolute atomic E-state index is 4.35. The van der Waals surface area contributed by atoms with E-state index in [4.69, 9.17) is 0 Å². The lowest BCUT2D eigenvalue weighted by atomic mass is 9.80. The van der Waals surface area contributed by atoms with Crippen LogP contribution < -0.4 is 0 Å². The fourth-order valence-corrected chi connectivity index (χ4v) is 7.25. The summed E-state index contributed by atoms with van der Waals surface area (Å²) >= 11 is 0. The van der Waals surface area contributed by atoms with Crippen molar-refractivity contribution in [2.24, 2.45) is 0 Å². The zero-order valence-corrected chi connectivity index (χ0v) is 25.4. The summed E-state index contributed by atoms with van der Waals surface area (Å²) in [6.45, 7) is 15.8. The summed E-state index contributed by atoms with van der Waals surface area (Å²) in [5.74, 6) is 0. The Kier molecular flexibility index (Phi) is 6.03. The van der Waals surface area contributed by atoms with E-state index in [0.29, 0.717) is 0 Å². The van der Waals surface area contributed by atoms with E-state index in [1.165, 1.54) is 77.9 Å². The normalized spacial score (nSPS) is 15.3. The molecule has 0 aromatic heterocycles. The molecule has 0 unspecified atom stereocenters. The molecule has 0 amide bonds. The zero-order chi connectivity index (χ0) is 29.2.